The van der Waals surface area contributed by atoms with E-state index >= 15 is 0 Å². The maximum absolute atomic E-state index is 13.3. The molecule has 1 N–H and O–H groups in total. The minimum Gasteiger partial charge on any atom is -0.375 e. The number of amides is 2. The second-order valence-corrected chi connectivity index (χ2v) is 6.86. The highest BCUT2D eigenvalue weighted by Gasteiger charge is 2.35. The van der Waals surface area contributed by atoms with Gasteiger partial charge in [-0.05, 0) is 42.7 Å². The van der Waals surface area contributed by atoms with Gasteiger partial charge in [-0.3, -0.25) is 14.6 Å². The van der Waals surface area contributed by atoms with E-state index in [4.69, 9.17) is 4.74 Å². The third kappa shape index (κ3) is 4.92. The SMILES string of the molecule is COCC(=O)N1C[C@H](C(=O)NCc2ccccn2)CC[C@@H]1c1ccc(F)cc1. The number of rotatable bonds is 6. The quantitative estimate of drug-likeness (QED) is 0.829. The molecule has 28 heavy (non-hydrogen) atoms. The second-order valence-electron chi connectivity index (χ2n) is 6.86. The van der Waals surface area contributed by atoms with Crippen molar-refractivity contribution in [1.82, 2.24) is 15.2 Å². The summed E-state index contributed by atoms with van der Waals surface area (Å²) in [6.45, 7) is 0.599. The zero-order chi connectivity index (χ0) is 19.9. The lowest BCUT2D eigenvalue weighted by molar-refractivity contribution is -0.142. The molecule has 2 heterocycles. The van der Waals surface area contributed by atoms with Gasteiger partial charge in [-0.2, -0.15) is 0 Å². The van der Waals surface area contributed by atoms with Crippen LogP contribution >= 0.6 is 0 Å². The van der Waals surface area contributed by atoms with Crippen molar-refractivity contribution in [2.24, 2.45) is 5.92 Å². The number of hydrogen-bond donors (Lipinski definition) is 1. The number of nitrogens with zero attached hydrogens (tertiary/aromatic N) is 2. The van der Waals surface area contributed by atoms with Crippen LogP contribution in [0.5, 0.6) is 0 Å². The molecule has 7 heteroatoms. The van der Waals surface area contributed by atoms with Crippen LogP contribution in [-0.2, 0) is 20.9 Å². The molecule has 2 aromatic rings. The van der Waals surface area contributed by atoms with Crippen molar-refractivity contribution in [2.75, 3.05) is 20.3 Å². The molecular weight excluding hydrogens is 361 g/mol. The highest BCUT2D eigenvalue weighted by molar-refractivity contribution is 5.82. The van der Waals surface area contributed by atoms with Gasteiger partial charge >= 0.3 is 0 Å². The standard InChI is InChI=1S/C21H24FN3O3/c1-28-14-20(26)25-13-16(21(27)24-12-18-4-2-3-11-23-18)7-10-19(25)15-5-8-17(22)9-6-15/h2-6,8-9,11,16,19H,7,10,12-14H2,1H3,(H,24,27)/t16-,19-/m1/s1. The van der Waals surface area contributed by atoms with Crippen LogP contribution in [0.1, 0.15) is 30.1 Å². The number of piperidine rings is 1. The molecule has 6 nitrogen and oxygen atoms in total. The van der Waals surface area contributed by atoms with Crippen LogP contribution in [0.3, 0.4) is 0 Å². The number of nitrogens with one attached hydrogen (secondary N) is 1. The van der Waals surface area contributed by atoms with E-state index in [1.807, 2.05) is 18.2 Å². The molecule has 1 aliphatic rings. The summed E-state index contributed by atoms with van der Waals surface area (Å²) in [5, 5.41) is 2.90. The number of pyridine rings is 1. The number of benzene rings is 1. The molecule has 1 aromatic heterocycles. The third-order valence-corrected chi connectivity index (χ3v) is 4.97. The Bertz CT molecular complexity index is 798. The van der Waals surface area contributed by atoms with Gasteiger partial charge in [0.05, 0.1) is 24.2 Å². The van der Waals surface area contributed by atoms with E-state index in [-0.39, 0.29) is 36.2 Å². The minimum atomic E-state index is -0.318. The van der Waals surface area contributed by atoms with Crippen LogP contribution in [-0.4, -0.2) is 42.0 Å². The van der Waals surface area contributed by atoms with E-state index in [0.29, 0.717) is 25.9 Å². The highest BCUT2D eigenvalue weighted by Crippen LogP contribution is 2.33. The van der Waals surface area contributed by atoms with E-state index in [1.54, 1.807) is 23.2 Å². The predicted octanol–water partition coefficient (Wildman–Crippen LogP) is 2.46. The zero-order valence-electron chi connectivity index (χ0n) is 15.8. The smallest absolute Gasteiger partial charge is 0.249 e. The fourth-order valence-electron chi connectivity index (χ4n) is 3.52. The van der Waals surface area contributed by atoms with Gasteiger partial charge in [-0.15, -0.1) is 0 Å². The molecular formula is C21H24FN3O3. The molecule has 0 spiro atoms. The van der Waals surface area contributed by atoms with Gasteiger partial charge in [0.25, 0.3) is 0 Å². The van der Waals surface area contributed by atoms with Gasteiger partial charge in [-0.25, -0.2) is 4.39 Å². The Balaban J connectivity index is 1.68. The summed E-state index contributed by atoms with van der Waals surface area (Å²) >= 11 is 0. The van der Waals surface area contributed by atoms with Crippen molar-refractivity contribution >= 4 is 11.8 Å². The normalized spacial score (nSPS) is 19.3. The van der Waals surface area contributed by atoms with Crippen LogP contribution in [0.2, 0.25) is 0 Å². The first-order valence-corrected chi connectivity index (χ1v) is 9.30. The monoisotopic (exact) mass is 385 g/mol. The zero-order valence-corrected chi connectivity index (χ0v) is 15.8. The number of methoxy groups -OCH3 is 1. The topological polar surface area (TPSA) is 71.5 Å². The van der Waals surface area contributed by atoms with Gasteiger partial charge in [0.1, 0.15) is 12.4 Å². The molecule has 0 radical (unpaired) electrons. The number of carbonyl (C=O) groups excluding carboxylic acids is 2. The molecule has 2 atom stereocenters. The number of hydrogen-bond acceptors (Lipinski definition) is 4. The summed E-state index contributed by atoms with van der Waals surface area (Å²) in [6.07, 6.45) is 2.95. The highest BCUT2D eigenvalue weighted by atomic mass is 19.1. The Hall–Kier alpha value is -2.80. The fourth-order valence-corrected chi connectivity index (χ4v) is 3.52. The van der Waals surface area contributed by atoms with Gasteiger partial charge in [0, 0.05) is 19.9 Å². The lowest BCUT2D eigenvalue weighted by atomic mass is 9.88. The lowest BCUT2D eigenvalue weighted by Gasteiger charge is -2.39. The van der Waals surface area contributed by atoms with Crippen molar-refractivity contribution in [3.05, 3.63) is 65.7 Å². The first kappa shape index (κ1) is 19.9. The number of halogens is 1. The molecule has 1 aromatic carbocycles. The van der Waals surface area contributed by atoms with Crippen molar-refractivity contribution in [3.8, 4) is 0 Å². The Labute approximate surface area is 163 Å². The van der Waals surface area contributed by atoms with Gasteiger partial charge < -0.3 is 15.0 Å². The Morgan fingerprint density at radius 3 is 2.68 bits per heavy atom. The van der Waals surface area contributed by atoms with Gasteiger partial charge in [-0.1, -0.05) is 18.2 Å². The molecule has 3 rings (SSSR count). The van der Waals surface area contributed by atoms with E-state index in [9.17, 15) is 14.0 Å². The molecule has 0 unspecified atom stereocenters. The lowest BCUT2D eigenvalue weighted by Crippen LogP contribution is -2.47. The van der Waals surface area contributed by atoms with Crippen LogP contribution < -0.4 is 5.32 Å². The van der Waals surface area contributed by atoms with Crippen molar-refractivity contribution in [3.63, 3.8) is 0 Å². The molecule has 1 fully saturated rings. The first-order valence-electron chi connectivity index (χ1n) is 9.30. The minimum absolute atomic E-state index is 0.0556. The second kappa shape index (κ2) is 9.41. The van der Waals surface area contributed by atoms with Crippen LogP contribution in [0.15, 0.2) is 48.7 Å². The summed E-state index contributed by atoms with van der Waals surface area (Å²) in [5.74, 6) is -0.903. The molecule has 148 valence electrons. The van der Waals surface area contributed by atoms with E-state index in [2.05, 4.69) is 10.3 Å². The van der Waals surface area contributed by atoms with E-state index in [0.717, 1.165) is 11.3 Å². The molecule has 1 aliphatic heterocycles. The molecule has 1 saturated heterocycles. The van der Waals surface area contributed by atoms with Crippen LogP contribution in [0.25, 0.3) is 0 Å². The van der Waals surface area contributed by atoms with Crippen LogP contribution in [0.4, 0.5) is 4.39 Å². The first-order chi connectivity index (χ1) is 13.6. The average Bonchev–Trinajstić information content (AvgIpc) is 2.73. The summed E-state index contributed by atoms with van der Waals surface area (Å²) < 4.78 is 18.3. The third-order valence-electron chi connectivity index (χ3n) is 4.97. The Kier molecular flexibility index (Phi) is 6.71. The van der Waals surface area contributed by atoms with Gasteiger partial charge in [0.15, 0.2) is 0 Å². The summed E-state index contributed by atoms with van der Waals surface area (Å²) in [4.78, 5) is 31.1. The summed E-state index contributed by atoms with van der Waals surface area (Å²) in [5.41, 5.74) is 1.64. The van der Waals surface area contributed by atoms with Crippen LogP contribution in [0, 0.1) is 11.7 Å². The van der Waals surface area contributed by atoms with Crippen molar-refractivity contribution < 1.29 is 18.7 Å². The number of ether oxygens (including phenoxy) is 1. The largest absolute Gasteiger partial charge is 0.375 e. The maximum atomic E-state index is 13.3. The van der Waals surface area contributed by atoms with Crippen molar-refractivity contribution in [2.45, 2.75) is 25.4 Å². The number of likely N-dealkylation sites (tertiary alicyclic amines) is 1. The molecule has 0 aliphatic carbocycles. The van der Waals surface area contributed by atoms with Crippen molar-refractivity contribution in [1.29, 1.82) is 0 Å². The van der Waals surface area contributed by atoms with E-state index in [1.165, 1.54) is 19.2 Å². The Morgan fingerprint density at radius 1 is 1.21 bits per heavy atom. The number of carbonyl (C=O) groups is 2. The maximum Gasteiger partial charge on any atom is 0.249 e. The number of aromatic nitrogens is 1. The Morgan fingerprint density at radius 2 is 2.00 bits per heavy atom. The van der Waals surface area contributed by atoms with E-state index < -0.39 is 0 Å². The molecule has 0 bridgehead atoms. The molecule has 2 amide bonds. The summed E-state index contributed by atoms with van der Waals surface area (Å²) in [6, 6.07) is 11.5. The average molecular weight is 385 g/mol. The predicted molar refractivity (Wildman–Crippen MR) is 102 cm³/mol. The molecule has 0 saturated carbocycles. The fraction of sp³-hybridized carbons (Fsp3) is 0.381. The van der Waals surface area contributed by atoms with Gasteiger partial charge in [0.2, 0.25) is 11.8 Å². The summed E-state index contributed by atoms with van der Waals surface area (Å²) in [7, 11) is 1.46.